The van der Waals surface area contributed by atoms with Crippen LogP contribution in [-0.4, -0.2) is 71.0 Å². The fraction of sp³-hybridized carbons (Fsp3) is 0.500. The molecule has 5 aliphatic rings. The summed E-state index contributed by atoms with van der Waals surface area (Å²) < 4.78 is 65.9. The predicted molar refractivity (Wildman–Crippen MR) is 290 cm³/mol. The van der Waals surface area contributed by atoms with Crippen molar-refractivity contribution in [2.24, 2.45) is 0 Å². The van der Waals surface area contributed by atoms with Crippen LogP contribution in [0.1, 0.15) is 151 Å². The largest absolute Gasteiger partial charge is 0.424 e. The standard InChI is InChI=1S/C48H64N4O8P4S4/c1-13-49(14-2)61(65)53-41-25-43-35-21-33(41)29(9)34-22-36-31(11)38-24-40-32(12)39-23-37(30(35)10)45(57-62(66,55-43)50(15-3)16-4)27-47(39)59-64(68,52(19-7)20-8)60-48(40)28-46(38)58-63(67,51(17-5)18-6)56-44(36)26-42(34)54-61/h21-32H,13-20H2,1-12H3. The van der Waals surface area contributed by atoms with E-state index in [1.54, 1.807) is 0 Å². The second kappa shape index (κ2) is 19.0. The predicted octanol–water partition coefficient (Wildman–Crippen LogP) is 14.0. The highest BCUT2D eigenvalue weighted by Gasteiger charge is 2.44. The summed E-state index contributed by atoms with van der Waals surface area (Å²) in [6.45, 7) is 17.1. The zero-order chi connectivity index (χ0) is 48.8. The van der Waals surface area contributed by atoms with Gasteiger partial charge in [-0.05, 0) is 24.3 Å². The summed E-state index contributed by atoms with van der Waals surface area (Å²) in [5.41, 5.74) is 7.66. The van der Waals surface area contributed by atoms with Gasteiger partial charge in [0.15, 0.2) is 0 Å². The van der Waals surface area contributed by atoms with Gasteiger partial charge in [-0.2, -0.15) is 0 Å². The summed E-state index contributed by atoms with van der Waals surface area (Å²) in [6, 6.07) is 17.0. The summed E-state index contributed by atoms with van der Waals surface area (Å²) in [4.78, 5) is 0. The van der Waals surface area contributed by atoms with Crippen LogP contribution in [0.4, 0.5) is 0 Å². The van der Waals surface area contributed by atoms with Gasteiger partial charge < -0.3 is 36.2 Å². The summed E-state index contributed by atoms with van der Waals surface area (Å²) in [5, 5.41) is 0. The lowest BCUT2D eigenvalue weighted by Gasteiger charge is -2.41. The molecule has 0 spiro atoms. The molecule has 0 unspecified atom stereocenters. The molecule has 4 aliphatic heterocycles. The number of hydrogen-bond donors (Lipinski definition) is 0. The first-order chi connectivity index (χ1) is 32.3. The molecule has 12 nitrogen and oxygen atoms in total. The van der Waals surface area contributed by atoms with Crippen molar-refractivity contribution in [1.82, 2.24) is 18.7 Å². The third-order valence-electron chi connectivity index (χ3n) is 14.3. The fourth-order valence-electron chi connectivity index (χ4n) is 10.2. The van der Waals surface area contributed by atoms with Gasteiger partial charge >= 0.3 is 26.6 Å². The SMILES string of the molecule is CCN(CC)P1(=S)Oc2cc3c4cc2C(C)c2cc5c(cc2O1)OP(=S)(N(CC)CC)Oc1cc2c(cc1C5C)C(C)c1cc(c(cc1OP(=S)(N(CC)CC)O2)OP(=S)(N(CC)CC)O3)C4C. The minimum absolute atomic E-state index is 0.241. The van der Waals surface area contributed by atoms with E-state index in [0.717, 1.165) is 44.5 Å². The van der Waals surface area contributed by atoms with Gasteiger partial charge in [0.05, 0.1) is 0 Å². The molecular formula is C48H64N4O8P4S4. The van der Waals surface area contributed by atoms with Crippen molar-refractivity contribution < 1.29 is 36.2 Å². The molecule has 0 aromatic heterocycles. The first kappa shape index (κ1) is 50.7. The number of nitrogens with zero attached hydrogens (tertiary/aromatic N) is 4. The van der Waals surface area contributed by atoms with Gasteiger partial charge in [-0.15, -0.1) is 0 Å². The Hall–Kier alpha value is -2.28. The summed E-state index contributed by atoms with van der Waals surface area (Å²) in [5.74, 6) is 3.80. The third kappa shape index (κ3) is 8.31. The van der Waals surface area contributed by atoms with E-state index in [2.05, 4.69) is 126 Å². The molecule has 4 aromatic carbocycles. The van der Waals surface area contributed by atoms with Crippen LogP contribution < -0.4 is 36.2 Å². The molecule has 68 heavy (non-hydrogen) atoms. The van der Waals surface area contributed by atoms with Crippen LogP contribution in [0.2, 0.25) is 0 Å². The zero-order valence-corrected chi connectivity index (χ0v) is 47.9. The Morgan fingerprint density at radius 2 is 0.426 bits per heavy atom. The van der Waals surface area contributed by atoms with Gasteiger partial charge in [-0.1, -0.05) is 83.1 Å². The minimum Gasteiger partial charge on any atom is -0.424 e. The Morgan fingerprint density at radius 1 is 0.294 bits per heavy atom. The fourth-order valence-corrected chi connectivity index (χ4v) is 22.0. The van der Waals surface area contributed by atoms with Gasteiger partial charge in [-0.3, -0.25) is 0 Å². The molecule has 0 radical (unpaired) electrons. The zero-order valence-electron chi connectivity index (χ0n) is 41.1. The van der Waals surface area contributed by atoms with Gasteiger partial charge in [0.25, 0.3) is 0 Å². The third-order valence-corrected chi connectivity index (χ3v) is 27.3. The summed E-state index contributed by atoms with van der Waals surface area (Å²) in [7, 11) is 0. The van der Waals surface area contributed by atoms with Crippen molar-refractivity contribution in [2.75, 3.05) is 52.4 Å². The van der Waals surface area contributed by atoms with E-state index in [9.17, 15) is 0 Å². The van der Waals surface area contributed by atoms with Crippen molar-refractivity contribution in [3.63, 3.8) is 0 Å². The van der Waals surface area contributed by atoms with Crippen LogP contribution in [0.15, 0.2) is 48.5 Å². The normalized spacial score (nSPS) is 28.4. The smallest absolute Gasteiger partial charge is 0.367 e. The molecule has 9 rings (SSSR count). The van der Waals surface area contributed by atoms with Gasteiger partial charge in [0, 0.05) is 192 Å². The second-order valence-corrected chi connectivity index (χ2v) is 30.8. The average Bonchev–Trinajstić information content (AvgIpc) is 3.28. The Bertz CT molecular complexity index is 2360. The maximum absolute atomic E-state index is 7.18. The molecule has 0 saturated heterocycles. The first-order valence-electron chi connectivity index (χ1n) is 24.0. The van der Waals surface area contributed by atoms with Crippen molar-refractivity contribution in [1.29, 1.82) is 0 Å². The molecular weight excluding hydrogens is 1010 g/mol. The number of rotatable bonds is 12. The van der Waals surface area contributed by atoms with Crippen LogP contribution >= 0.6 is 26.6 Å². The van der Waals surface area contributed by atoms with Crippen molar-refractivity contribution >= 4 is 73.8 Å². The first-order valence-corrected chi connectivity index (χ1v) is 34.4. The molecule has 0 fully saturated rings. The maximum Gasteiger partial charge on any atom is 0.367 e. The van der Waals surface area contributed by atoms with E-state index in [-0.39, 0.29) is 23.7 Å². The van der Waals surface area contributed by atoms with E-state index in [1.807, 2.05) is 24.3 Å². The Kier molecular flexibility index (Phi) is 14.1. The molecule has 1 aliphatic carbocycles. The quantitative estimate of drug-likeness (QED) is 0.126. The van der Waals surface area contributed by atoms with Crippen molar-refractivity contribution in [2.45, 2.75) is 107 Å². The molecule has 8 bridgehead atoms. The average molecular weight is 1080 g/mol. The van der Waals surface area contributed by atoms with Crippen LogP contribution in [0.5, 0.6) is 46.0 Å². The number of hydrogen-bond acceptors (Lipinski definition) is 12. The lowest BCUT2D eigenvalue weighted by molar-refractivity contribution is 0.348. The Morgan fingerprint density at radius 3 is 0.544 bits per heavy atom. The molecule has 0 amide bonds. The Labute approximate surface area is 424 Å². The molecule has 368 valence electrons. The van der Waals surface area contributed by atoms with Crippen molar-refractivity contribution in [3.05, 3.63) is 93.0 Å². The van der Waals surface area contributed by atoms with E-state index in [4.69, 9.17) is 83.4 Å². The van der Waals surface area contributed by atoms with E-state index >= 15 is 0 Å². The molecule has 0 N–H and O–H groups in total. The van der Waals surface area contributed by atoms with Gasteiger partial charge in [-0.25, -0.2) is 18.7 Å². The number of benzene rings is 4. The van der Waals surface area contributed by atoms with Crippen LogP contribution in [0.3, 0.4) is 0 Å². The molecule has 20 heteroatoms. The van der Waals surface area contributed by atoms with Gasteiger partial charge in [0.2, 0.25) is 0 Å². The second-order valence-electron chi connectivity index (χ2n) is 17.8. The molecule has 0 atom stereocenters. The highest BCUT2D eigenvalue weighted by atomic mass is 32.5. The van der Waals surface area contributed by atoms with E-state index < -0.39 is 26.6 Å². The van der Waals surface area contributed by atoms with E-state index in [0.29, 0.717) is 98.4 Å². The van der Waals surface area contributed by atoms with Crippen LogP contribution in [0, 0.1) is 0 Å². The summed E-state index contributed by atoms with van der Waals surface area (Å²) in [6.07, 6.45) is 0. The lowest BCUT2D eigenvalue weighted by Crippen LogP contribution is -2.29. The van der Waals surface area contributed by atoms with Crippen LogP contribution in [-0.2, 0) is 47.2 Å². The molecule has 4 heterocycles. The summed E-state index contributed by atoms with van der Waals surface area (Å²) >= 11 is 26.5. The molecule has 0 saturated carbocycles. The van der Waals surface area contributed by atoms with Gasteiger partial charge in [0.1, 0.15) is 46.0 Å². The van der Waals surface area contributed by atoms with Crippen molar-refractivity contribution in [3.8, 4) is 46.0 Å². The van der Waals surface area contributed by atoms with E-state index in [1.165, 1.54) is 0 Å². The Balaban J connectivity index is 1.46. The highest BCUT2D eigenvalue weighted by molar-refractivity contribution is 8.10. The maximum atomic E-state index is 7.18. The topological polar surface area (TPSA) is 86.8 Å². The molecule has 4 aromatic rings. The lowest BCUT2D eigenvalue weighted by atomic mass is 9.81. The van der Waals surface area contributed by atoms with Crippen LogP contribution in [0.25, 0.3) is 0 Å². The minimum atomic E-state index is -3.29. The highest BCUT2D eigenvalue weighted by Crippen LogP contribution is 2.66. The monoisotopic (exact) mass is 1080 g/mol.